The van der Waals surface area contributed by atoms with Gasteiger partial charge in [0.25, 0.3) is 0 Å². The zero-order valence-corrected chi connectivity index (χ0v) is 11.4. The van der Waals surface area contributed by atoms with Crippen LogP contribution < -0.4 is 5.32 Å². The van der Waals surface area contributed by atoms with Gasteiger partial charge in [0, 0.05) is 11.6 Å². The van der Waals surface area contributed by atoms with Gasteiger partial charge in [0.05, 0.1) is 0 Å². The Morgan fingerprint density at radius 2 is 1.65 bits per heavy atom. The molecule has 0 saturated carbocycles. The molecule has 0 bridgehead atoms. The van der Waals surface area contributed by atoms with Crippen LogP contribution in [0.1, 0.15) is 34.6 Å². The third-order valence-electron chi connectivity index (χ3n) is 4.04. The summed E-state index contributed by atoms with van der Waals surface area (Å²) < 4.78 is 0. The van der Waals surface area contributed by atoms with Crippen molar-refractivity contribution < 1.29 is 4.79 Å². The van der Waals surface area contributed by atoms with Crippen LogP contribution in [-0.2, 0) is 4.79 Å². The number of rotatable bonds is 4. The number of carbonyl (C=O) groups excluding carboxylic acids is 1. The van der Waals surface area contributed by atoms with Crippen LogP contribution in [0.5, 0.6) is 0 Å². The second-order valence-corrected chi connectivity index (χ2v) is 5.55. The molecule has 1 rings (SSSR count). The molecule has 0 aliphatic carbocycles. The molecule has 1 unspecified atom stereocenters. The maximum atomic E-state index is 12.2. The first kappa shape index (κ1) is 13.8. The molecule has 0 fully saturated rings. The summed E-state index contributed by atoms with van der Waals surface area (Å²) in [5, 5.41) is 2.96. The van der Waals surface area contributed by atoms with Gasteiger partial charge >= 0.3 is 0 Å². The van der Waals surface area contributed by atoms with Gasteiger partial charge in [0.2, 0.25) is 5.91 Å². The number of hydrogen-bond donors (Lipinski definition) is 1. The minimum Gasteiger partial charge on any atom is -0.326 e. The van der Waals surface area contributed by atoms with Gasteiger partial charge in [0.1, 0.15) is 0 Å². The number of para-hydroxylation sites is 1. The van der Waals surface area contributed by atoms with Crippen LogP contribution in [0.15, 0.2) is 30.3 Å². The Hall–Kier alpha value is -1.31. The molecular weight excluding hydrogens is 210 g/mol. The number of carbonyl (C=O) groups is 1. The molecule has 1 N–H and O–H groups in total. The second kappa shape index (κ2) is 5.35. The molecule has 0 heterocycles. The lowest BCUT2D eigenvalue weighted by atomic mass is 9.71. The minimum atomic E-state index is -0.0114. The van der Waals surface area contributed by atoms with E-state index in [1.807, 2.05) is 37.3 Å². The first-order valence-corrected chi connectivity index (χ1v) is 6.21. The summed E-state index contributed by atoms with van der Waals surface area (Å²) in [6.07, 6.45) is 0. The fourth-order valence-corrected chi connectivity index (χ4v) is 1.61. The quantitative estimate of drug-likeness (QED) is 0.838. The predicted octanol–water partition coefficient (Wildman–Crippen LogP) is 3.94. The normalized spacial score (nSPS) is 13.5. The zero-order valence-electron chi connectivity index (χ0n) is 11.4. The number of hydrogen-bond acceptors (Lipinski definition) is 1. The molecule has 1 atom stereocenters. The minimum absolute atomic E-state index is 0.00113. The fourth-order valence-electron chi connectivity index (χ4n) is 1.61. The van der Waals surface area contributed by atoms with Crippen molar-refractivity contribution in [3.8, 4) is 0 Å². The van der Waals surface area contributed by atoms with Crippen molar-refractivity contribution in [2.45, 2.75) is 34.6 Å². The lowest BCUT2D eigenvalue weighted by Crippen LogP contribution is -2.36. The van der Waals surface area contributed by atoms with Gasteiger partial charge in [0.15, 0.2) is 0 Å². The van der Waals surface area contributed by atoms with Gasteiger partial charge < -0.3 is 5.32 Å². The number of anilines is 1. The molecule has 1 aromatic carbocycles. The van der Waals surface area contributed by atoms with Crippen LogP contribution in [0.25, 0.3) is 0 Å². The van der Waals surface area contributed by atoms with Crippen LogP contribution >= 0.6 is 0 Å². The Morgan fingerprint density at radius 1 is 1.12 bits per heavy atom. The molecule has 0 radical (unpaired) electrons. The standard InChI is InChI=1S/C15H23NO/c1-11(2)15(4,5)12(3)14(17)16-13-9-7-6-8-10-13/h6-12H,1-5H3,(H,16,17). The monoisotopic (exact) mass is 233 g/mol. The summed E-state index contributed by atoms with van der Waals surface area (Å²) in [6.45, 7) is 10.6. The smallest absolute Gasteiger partial charge is 0.227 e. The summed E-state index contributed by atoms with van der Waals surface area (Å²) in [4.78, 5) is 12.2. The molecule has 2 heteroatoms. The molecule has 2 nitrogen and oxygen atoms in total. The van der Waals surface area contributed by atoms with Gasteiger partial charge in [-0.1, -0.05) is 52.8 Å². The third kappa shape index (κ3) is 3.32. The topological polar surface area (TPSA) is 29.1 Å². The number of nitrogens with one attached hydrogen (secondary N) is 1. The molecule has 0 aliphatic rings. The SMILES string of the molecule is CC(C)C(C)(C)C(C)C(=O)Nc1ccccc1. The van der Waals surface area contributed by atoms with E-state index in [4.69, 9.17) is 0 Å². The van der Waals surface area contributed by atoms with E-state index < -0.39 is 0 Å². The average molecular weight is 233 g/mol. The zero-order chi connectivity index (χ0) is 13.1. The highest BCUT2D eigenvalue weighted by Crippen LogP contribution is 2.35. The highest BCUT2D eigenvalue weighted by Gasteiger charge is 2.34. The largest absolute Gasteiger partial charge is 0.326 e. The van der Waals surface area contributed by atoms with Crippen molar-refractivity contribution in [3.63, 3.8) is 0 Å². The summed E-state index contributed by atoms with van der Waals surface area (Å²) in [5.41, 5.74) is 0.864. The van der Waals surface area contributed by atoms with Gasteiger partial charge in [-0.15, -0.1) is 0 Å². The summed E-state index contributed by atoms with van der Waals surface area (Å²) in [5.74, 6) is 0.552. The van der Waals surface area contributed by atoms with E-state index in [9.17, 15) is 4.79 Å². The highest BCUT2D eigenvalue weighted by molar-refractivity contribution is 5.92. The van der Waals surface area contributed by atoms with E-state index in [-0.39, 0.29) is 17.2 Å². The van der Waals surface area contributed by atoms with Crippen LogP contribution in [0, 0.1) is 17.3 Å². The van der Waals surface area contributed by atoms with Crippen LogP contribution in [0.2, 0.25) is 0 Å². The lowest BCUT2D eigenvalue weighted by molar-refractivity contribution is -0.123. The maximum Gasteiger partial charge on any atom is 0.227 e. The maximum absolute atomic E-state index is 12.2. The Morgan fingerprint density at radius 3 is 2.12 bits per heavy atom. The molecule has 0 aliphatic heterocycles. The molecule has 0 aromatic heterocycles. The van der Waals surface area contributed by atoms with Crippen LogP contribution in [0.4, 0.5) is 5.69 Å². The van der Waals surface area contributed by atoms with Gasteiger partial charge in [-0.05, 0) is 23.5 Å². The molecule has 0 saturated heterocycles. The Balaban J connectivity index is 2.72. The van der Waals surface area contributed by atoms with Gasteiger partial charge in [-0.25, -0.2) is 0 Å². The van der Waals surface area contributed by atoms with Crippen molar-refractivity contribution >= 4 is 11.6 Å². The van der Waals surface area contributed by atoms with Crippen molar-refractivity contribution in [2.75, 3.05) is 5.32 Å². The average Bonchev–Trinajstić information content (AvgIpc) is 2.29. The van der Waals surface area contributed by atoms with Crippen LogP contribution in [-0.4, -0.2) is 5.91 Å². The number of amides is 1. The van der Waals surface area contributed by atoms with Crippen LogP contribution in [0.3, 0.4) is 0 Å². The highest BCUT2D eigenvalue weighted by atomic mass is 16.1. The van der Waals surface area contributed by atoms with Gasteiger partial charge in [-0.2, -0.15) is 0 Å². The molecule has 17 heavy (non-hydrogen) atoms. The molecule has 1 aromatic rings. The third-order valence-corrected chi connectivity index (χ3v) is 4.04. The van der Waals surface area contributed by atoms with Crippen molar-refractivity contribution in [3.05, 3.63) is 30.3 Å². The van der Waals surface area contributed by atoms with Crippen molar-refractivity contribution in [1.82, 2.24) is 0 Å². The molecule has 0 spiro atoms. The first-order chi connectivity index (χ1) is 7.85. The lowest BCUT2D eigenvalue weighted by Gasteiger charge is -2.34. The van der Waals surface area contributed by atoms with E-state index in [2.05, 4.69) is 33.0 Å². The molecule has 1 amide bonds. The van der Waals surface area contributed by atoms with E-state index in [1.54, 1.807) is 0 Å². The molecular formula is C15H23NO. The predicted molar refractivity (Wildman–Crippen MR) is 72.9 cm³/mol. The van der Waals surface area contributed by atoms with E-state index in [1.165, 1.54) is 0 Å². The van der Waals surface area contributed by atoms with Gasteiger partial charge in [-0.3, -0.25) is 4.79 Å². The first-order valence-electron chi connectivity index (χ1n) is 6.21. The van der Waals surface area contributed by atoms with E-state index in [0.29, 0.717) is 5.92 Å². The summed E-state index contributed by atoms with van der Waals surface area (Å²) in [6, 6.07) is 9.61. The summed E-state index contributed by atoms with van der Waals surface area (Å²) in [7, 11) is 0. The number of benzene rings is 1. The fraction of sp³-hybridized carbons (Fsp3) is 0.533. The summed E-state index contributed by atoms with van der Waals surface area (Å²) >= 11 is 0. The van der Waals surface area contributed by atoms with E-state index in [0.717, 1.165) is 5.69 Å². The van der Waals surface area contributed by atoms with Crippen molar-refractivity contribution in [1.29, 1.82) is 0 Å². The van der Waals surface area contributed by atoms with Crippen molar-refractivity contribution in [2.24, 2.45) is 17.3 Å². The Labute approximate surface area is 104 Å². The Kier molecular flexibility index (Phi) is 4.33. The molecule has 94 valence electrons. The van der Waals surface area contributed by atoms with E-state index >= 15 is 0 Å². The second-order valence-electron chi connectivity index (χ2n) is 5.55. The Bertz CT molecular complexity index is 368.